The molecule has 2 heterocycles. The number of aromatic nitrogens is 3. The maximum Gasteiger partial charge on any atom is 0.324 e. The second kappa shape index (κ2) is 5.36. The molecule has 0 fully saturated rings. The molecule has 7 heteroatoms. The molecule has 2 amide bonds. The Balaban J connectivity index is 1.79. The Morgan fingerprint density at radius 1 is 1.27 bits per heavy atom. The summed E-state index contributed by atoms with van der Waals surface area (Å²) in [5, 5.41) is 10.9. The maximum atomic E-state index is 12.0. The predicted molar refractivity (Wildman–Crippen MR) is 85.2 cm³/mol. The maximum absolute atomic E-state index is 12.0. The number of carbonyl (C=O) groups is 1. The van der Waals surface area contributed by atoms with Gasteiger partial charge in [0, 0.05) is 36.1 Å². The molecule has 0 saturated carbocycles. The smallest absolute Gasteiger partial charge is 0.324 e. The van der Waals surface area contributed by atoms with Gasteiger partial charge in [-0.1, -0.05) is 0 Å². The number of rotatable bonds is 2. The molecule has 0 aliphatic rings. The topological polar surface area (TPSA) is 91.8 Å². The lowest BCUT2D eigenvalue weighted by Crippen LogP contribution is -2.20. The number of aryl methyl sites for hydroxylation is 2. The van der Waals surface area contributed by atoms with E-state index in [0.717, 1.165) is 10.9 Å². The van der Waals surface area contributed by atoms with Crippen LogP contribution in [0.4, 0.5) is 16.3 Å². The number of H-pyrrole nitrogens is 1. The van der Waals surface area contributed by atoms with Crippen molar-refractivity contribution in [3.8, 4) is 0 Å². The Hall–Kier alpha value is -3.09. The Kier molecular flexibility index (Phi) is 3.38. The Morgan fingerprint density at radius 3 is 2.82 bits per heavy atom. The molecular weight excluding hydrogens is 282 g/mol. The summed E-state index contributed by atoms with van der Waals surface area (Å²) in [7, 11) is 1.79. The van der Waals surface area contributed by atoms with Gasteiger partial charge in [0.25, 0.3) is 5.56 Å². The Labute approximate surface area is 126 Å². The van der Waals surface area contributed by atoms with Crippen molar-refractivity contribution in [2.24, 2.45) is 7.05 Å². The molecule has 112 valence electrons. The van der Waals surface area contributed by atoms with E-state index in [1.165, 1.54) is 0 Å². The molecule has 0 aliphatic carbocycles. The first-order valence-electron chi connectivity index (χ1n) is 6.72. The largest absolute Gasteiger partial charge is 0.329 e. The lowest BCUT2D eigenvalue weighted by molar-refractivity contribution is 0.262. The summed E-state index contributed by atoms with van der Waals surface area (Å²) >= 11 is 0. The molecule has 7 nitrogen and oxygen atoms in total. The Bertz CT molecular complexity index is 910. The van der Waals surface area contributed by atoms with Gasteiger partial charge in [-0.25, -0.2) is 4.79 Å². The molecule has 2 aromatic heterocycles. The number of hydrogen-bond donors (Lipinski definition) is 3. The molecular formula is C15H15N5O2. The van der Waals surface area contributed by atoms with Gasteiger partial charge in [0.15, 0.2) is 5.82 Å². The van der Waals surface area contributed by atoms with E-state index in [9.17, 15) is 9.59 Å². The average molecular weight is 297 g/mol. The lowest BCUT2D eigenvalue weighted by atomic mass is 10.1. The van der Waals surface area contributed by atoms with Crippen LogP contribution in [0.15, 0.2) is 41.5 Å². The first-order chi connectivity index (χ1) is 10.5. The minimum atomic E-state index is -0.383. The van der Waals surface area contributed by atoms with Crippen molar-refractivity contribution in [3.63, 3.8) is 0 Å². The van der Waals surface area contributed by atoms with Gasteiger partial charge in [0.2, 0.25) is 0 Å². The summed E-state index contributed by atoms with van der Waals surface area (Å²) in [6, 6.07) is 6.50. The number of carbonyl (C=O) groups excluding carboxylic acids is 1. The number of fused-ring (bicyclic) bond motifs is 1. The van der Waals surface area contributed by atoms with Gasteiger partial charge in [-0.05, 0) is 36.6 Å². The van der Waals surface area contributed by atoms with Gasteiger partial charge in [-0.15, -0.1) is 0 Å². The number of amides is 2. The fraction of sp³-hybridized carbons (Fsp3) is 0.133. The standard InChI is InChI=1S/C15H15N5O2/c1-9-8-20(2)19-13(9)18-15(22)17-11-3-4-12-10(7-11)5-6-16-14(12)21/h3-8H,1-2H3,(H,16,21)(H2,17,18,19,22). The Morgan fingerprint density at radius 2 is 2.09 bits per heavy atom. The zero-order valence-electron chi connectivity index (χ0n) is 12.2. The zero-order chi connectivity index (χ0) is 15.7. The number of aromatic amines is 1. The summed E-state index contributed by atoms with van der Waals surface area (Å²) in [5.41, 5.74) is 1.32. The second-order valence-corrected chi connectivity index (χ2v) is 5.02. The van der Waals surface area contributed by atoms with Crippen LogP contribution in [0.3, 0.4) is 0 Å². The third-order valence-corrected chi connectivity index (χ3v) is 3.28. The molecule has 0 atom stereocenters. The summed E-state index contributed by atoms with van der Waals surface area (Å²) in [5.74, 6) is 0.511. The molecule has 0 unspecified atom stereocenters. The van der Waals surface area contributed by atoms with Crippen molar-refractivity contribution in [1.82, 2.24) is 14.8 Å². The molecule has 0 spiro atoms. The van der Waals surface area contributed by atoms with E-state index in [-0.39, 0.29) is 11.6 Å². The summed E-state index contributed by atoms with van der Waals surface area (Å²) in [4.78, 5) is 26.2. The molecule has 3 aromatic rings. The minimum absolute atomic E-state index is 0.155. The summed E-state index contributed by atoms with van der Waals surface area (Å²) in [6.07, 6.45) is 3.39. The molecule has 3 N–H and O–H groups in total. The van der Waals surface area contributed by atoms with Crippen LogP contribution in [0.2, 0.25) is 0 Å². The van der Waals surface area contributed by atoms with E-state index in [1.54, 1.807) is 42.2 Å². The van der Waals surface area contributed by atoms with E-state index in [0.29, 0.717) is 16.9 Å². The lowest BCUT2D eigenvalue weighted by Gasteiger charge is -2.07. The van der Waals surface area contributed by atoms with Crippen LogP contribution in [0, 0.1) is 6.92 Å². The van der Waals surface area contributed by atoms with Crippen LogP contribution in [0.1, 0.15) is 5.56 Å². The highest BCUT2D eigenvalue weighted by Crippen LogP contribution is 2.16. The van der Waals surface area contributed by atoms with Gasteiger partial charge in [-0.3, -0.25) is 14.8 Å². The highest BCUT2D eigenvalue weighted by atomic mass is 16.2. The van der Waals surface area contributed by atoms with Gasteiger partial charge in [-0.2, -0.15) is 5.10 Å². The first kappa shape index (κ1) is 13.9. The van der Waals surface area contributed by atoms with Crippen LogP contribution >= 0.6 is 0 Å². The van der Waals surface area contributed by atoms with Crippen LogP contribution in [-0.2, 0) is 7.05 Å². The third kappa shape index (κ3) is 2.69. The minimum Gasteiger partial charge on any atom is -0.329 e. The van der Waals surface area contributed by atoms with Gasteiger partial charge in [0.05, 0.1) is 0 Å². The van der Waals surface area contributed by atoms with Crippen LogP contribution in [0.25, 0.3) is 10.8 Å². The van der Waals surface area contributed by atoms with Crippen LogP contribution < -0.4 is 16.2 Å². The quantitative estimate of drug-likeness (QED) is 0.677. The van der Waals surface area contributed by atoms with E-state index in [2.05, 4.69) is 20.7 Å². The van der Waals surface area contributed by atoms with Crippen molar-refractivity contribution in [2.75, 3.05) is 10.6 Å². The fourth-order valence-corrected chi connectivity index (χ4v) is 2.27. The van der Waals surface area contributed by atoms with Crippen molar-refractivity contribution < 1.29 is 4.79 Å². The molecule has 0 bridgehead atoms. The van der Waals surface area contributed by atoms with Crippen molar-refractivity contribution in [1.29, 1.82) is 0 Å². The van der Waals surface area contributed by atoms with Crippen molar-refractivity contribution in [2.45, 2.75) is 6.92 Å². The van der Waals surface area contributed by atoms with Gasteiger partial charge in [0.1, 0.15) is 0 Å². The van der Waals surface area contributed by atoms with E-state index < -0.39 is 0 Å². The monoisotopic (exact) mass is 297 g/mol. The number of hydrogen-bond acceptors (Lipinski definition) is 3. The third-order valence-electron chi connectivity index (χ3n) is 3.28. The highest BCUT2D eigenvalue weighted by molar-refractivity contribution is 6.00. The SMILES string of the molecule is Cc1cn(C)nc1NC(=O)Nc1ccc2c(=O)[nH]ccc2c1. The average Bonchev–Trinajstić information content (AvgIpc) is 2.76. The number of pyridine rings is 1. The second-order valence-electron chi connectivity index (χ2n) is 5.02. The number of urea groups is 1. The highest BCUT2D eigenvalue weighted by Gasteiger charge is 2.08. The number of nitrogens with one attached hydrogen (secondary N) is 3. The van der Waals surface area contributed by atoms with Gasteiger partial charge >= 0.3 is 6.03 Å². The van der Waals surface area contributed by atoms with E-state index in [4.69, 9.17) is 0 Å². The van der Waals surface area contributed by atoms with Gasteiger partial charge < -0.3 is 10.3 Å². The predicted octanol–water partition coefficient (Wildman–Crippen LogP) is 2.21. The van der Waals surface area contributed by atoms with Crippen molar-refractivity contribution in [3.05, 3.63) is 52.6 Å². The molecule has 1 aromatic carbocycles. The number of nitrogens with zero attached hydrogens (tertiary/aromatic N) is 2. The first-order valence-corrected chi connectivity index (χ1v) is 6.72. The number of anilines is 2. The molecule has 3 rings (SSSR count). The van der Waals surface area contributed by atoms with Crippen LogP contribution in [-0.4, -0.2) is 20.8 Å². The van der Waals surface area contributed by atoms with Crippen LogP contribution in [0.5, 0.6) is 0 Å². The summed E-state index contributed by atoms with van der Waals surface area (Å²) < 4.78 is 1.63. The molecule has 0 aliphatic heterocycles. The van der Waals surface area contributed by atoms with E-state index in [1.807, 2.05) is 13.1 Å². The molecule has 22 heavy (non-hydrogen) atoms. The van der Waals surface area contributed by atoms with E-state index >= 15 is 0 Å². The fourth-order valence-electron chi connectivity index (χ4n) is 2.27. The van der Waals surface area contributed by atoms with Crippen molar-refractivity contribution >= 4 is 28.3 Å². The summed E-state index contributed by atoms with van der Waals surface area (Å²) in [6.45, 7) is 1.87. The number of benzene rings is 1. The normalized spacial score (nSPS) is 10.6. The molecule has 0 saturated heterocycles. The zero-order valence-corrected chi connectivity index (χ0v) is 12.2. The molecule has 0 radical (unpaired) electrons.